The highest BCUT2D eigenvalue weighted by Crippen LogP contribution is 2.37. The molecule has 3 rings (SSSR count). The Morgan fingerprint density at radius 2 is 2.05 bits per heavy atom. The highest BCUT2D eigenvalue weighted by Gasteiger charge is 2.10. The van der Waals surface area contributed by atoms with E-state index in [1.54, 1.807) is 12.1 Å². The number of aromatic nitrogens is 1. The van der Waals surface area contributed by atoms with Crippen molar-refractivity contribution in [2.75, 3.05) is 0 Å². The third-order valence-corrected chi connectivity index (χ3v) is 3.73. The van der Waals surface area contributed by atoms with E-state index in [2.05, 4.69) is 15.0 Å². The number of rotatable bonds is 2. The summed E-state index contributed by atoms with van der Waals surface area (Å²) in [7, 11) is 0. The molecule has 0 saturated heterocycles. The van der Waals surface area contributed by atoms with Gasteiger partial charge in [0, 0.05) is 10.6 Å². The van der Waals surface area contributed by atoms with Crippen LogP contribution in [0, 0.1) is 0 Å². The van der Waals surface area contributed by atoms with Gasteiger partial charge < -0.3 is 5.11 Å². The van der Waals surface area contributed by atoms with Gasteiger partial charge >= 0.3 is 0 Å². The number of hydrogen-bond acceptors (Lipinski definition) is 4. The smallest absolute Gasteiger partial charge is 0.128 e. The molecule has 0 radical (unpaired) electrons. The van der Waals surface area contributed by atoms with E-state index in [1.165, 1.54) is 17.4 Å². The quantitative estimate of drug-likeness (QED) is 0.418. The molecule has 0 fully saturated rings. The third-order valence-electron chi connectivity index (χ3n) is 2.66. The maximum atomic E-state index is 9.91. The van der Waals surface area contributed by atoms with Crippen LogP contribution in [-0.4, -0.2) is 10.1 Å². The van der Waals surface area contributed by atoms with Crippen LogP contribution in [0.3, 0.4) is 0 Å². The molecule has 0 aliphatic heterocycles. The molecular formula is C13H8N4OS. The Kier molecular flexibility index (Phi) is 2.79. The number of thiazole rings is 1. The molecule has 2 aromatic carbocycles. The fourth-order valence-corrected chi connectivity index (χ4v) is 2.79. The highest BCUT2D eigenvalue weighted by atomic mass is 32.1. The molecule has 3 aromatic rings. The molecular weight excluding hydrogens is 260 g/mol. The molecule has 0 aliphatic rings. The van der Waals surface area contributed by atoms with E-state index in [9.17, 15) is 5.11 Å². The number of azide groups is 1. The molecule has 0 bridgehead atoms. The Hall–Kier alpha value is -2.56. The summed E-state index contributed by atoms with van der Waals surface area (Å²) in [6, 6.07) is 12.5. The van der Waals surface area contributed by atoms with Crippen molar-refractivity contribution in [2.45, 2.75) is 0 Å². The maximum Gasteiger partial charge on any atom is 0.128 e. The van der Waals surface area contributed by atoms with Gasteiger partial charge in [0.25, 0.3) is 0 Å². The molecule has 19 heavy (non-hydrogen) atoms. The second-order valence-electron chi connectivity index (χ2n) is 3.88. The summed E-state index contributed by atoms with van der Waals surface area (Å²) < 4.78 is 1.05. The second kappa shape index (κ2) is 4.61. The van der Waals surface area contributed by atoms with Gasteiger partial charge in [0.05, 0.1) is 15.8 Å². The summed E-state index contributed by atoms with van der Waals surface area (Å²) in [4.78, 5) is 7.21. The van der Waals surface area contributed by atoms with E-state index in [4.69, 9.17) is 5.53 Å². The van der Waals surface area contributed by atoms with E-state index >= 15 is 0 Å². The standard InChI is InChI=1S/C13H8N4OS/c14-17-16-8-5-6-11(18)9(7-8)13-15-10-3-1-2-4-12(10)19-13/h1-7,18H. The van der Waals surface area contributed by atoms with Crippen LogP contribution >= 0.6 is 11.3 Å². The maximum absolute atomic E-state index is 9.91. The molecule has 92 valence electrons. The Balaban J connectivity index is 2.19. The molecule has 0 aliphatic carbocycles. The summed E-state index contributed by atoms with van der Waals surface area (Å²) in [6.45, 7) is 0. The summed E-state index contributed by atoms with van der Waals surface area (Å²) in [5, 5.41) is 14.2. The number of fused-ring (bicyclic) bond motifs is 1. The molecule has 0 spiro atoms. The monoisotopic (exact) mass is 268 g/mol. The zero-order chi connectivity index (χ0) is 13.2. The third kappa shape index (κ3) is 2.10. The van der Waals surface area contributed by atoms with Gasteiger partial charge in [-0.2, -0.15) is 0 Å². The second-order valence-corrected chi connectivity index (χ2v) is 4.91. The van der Waals surface area contributed by atoms with Gasteiger partial charge in [0.2, 0.25) is 0 Å². The molecule has 0 saturated carbocycles. The van der Waals surface area contributed by atoms with Gasteiger partial charge in [-0.25, -0.2) is 4.98 Å². The van der Waals surface area contributed by atoms with Crippen molar-refractivity contribution < 1.29 is 5.11 Å². The van der Waals surface area contributed by atoms with Crippen molar-refractivity contribution >= 4 is 27.2 Å². The lowest BCUT2D eigenvalue weighted by atomic mass is 10.2. The van der Waals surface area contributed by atoms with Crippen LogP contribution in [0.2, 0.25) is 0 Å². The van der Waals surface area contributed by atoms with Crippen LogP contribution < -0.4 is 0 Å². The van der Waals surface area contributed by atoms with Crippen LogP contribution in [0.1, 0.15) is 0 Å². The normalized spacial score (nSPS) is 10.3. The zero-order valence-corrected chi connectivity index (χ0v) is 10.5. The van der Waals surface area contributed by atoms with E-state index in [0.29, 0.717) is 16.3 Å². The van der Waals surface area contributed by atoms with Crippen LogP contribution in [-0.2, 0) is 0 Å². The predicted molar refractivity (Wildman–Crippen MR) is 75.5 cm³/mol. The van der Waals surface area contributed by atoms with E-state index in [0.717, 1.165) is 10.2 Å². The molecule has 0 atom stereocenters. The summed E-state index contributed by atoms with van der Waals surface area (Å²) >= 11 is 1.49. The number of aromatic hydroxyl groups is 1. The van der Waals surface area contributed by atoms with Gasteiger partial charge in [-0.15, -0.1) is 11.3 Å². The average molecular weight is 268 g/mol. The van der Waals surface area contributed by atoms with Crippen molar-refractivity contribution in [3.05, 3.63) is 52.9 Å². The Bertz CT molecular complexity index is 772. The summed E-state index contributed by atoms with van der Waals surface area (Å²) in [5.41, 5.74) is 10.4. The van der Waals surface area contributed by atoms with Gasteiger partial charge in [0.1, 0.15) is 10.8 Å². The molecule has 1 N–H and O–H groups in total. The molecule has 5 nitrogen and oxygen atoms in total. The molecule has 0 unspecified atom stereocenters. The van der Waals surface area contributed by atoms with E-state index in [-0.39, 0.29) is 5.75 Å². The topological polar surface area (TPSA) is 81.9 Å². The highest BCUT2D eigenvalue weighted by molar-refractivity contribution is 7.21. The number of benzene rings is 2. The number of hydrogen-bond donors (Lipinski definition) is 1. The van der Waals surface area contributed by atoms with Crippen LogP contribution in [0.4, 0.5) is 5.69 Å². The lowest BCUT2D eigenvalue weighted by molar-refractivity contribution is 0.477. The summed E-state index contributed by atoms with van der Waals surface area (Å²) in [6.07, 6.45) is 0. The minimum Gasteiger partial charge on any atom is -0.507 e. The predicted octanol–water partition coefficient (Wildman–Crippen LogP) is 4.61. The van der Waals surface area contributed by atoms with Gasteiger partial charge in [-0.3, -0.25) is 0 Å². The van der Waals surface area contributed by atoms with E-state index < -0.39 is 0 Å². The number of phenols is 1. The number of phenolic OH excluding ortho intramolecular Hbond substituents is 1. The summed E-state index contributed by atoms with van der Waals surface area (Å²) in [5.74, 6) is 0.121. The minimum atomic E-state index is 0.121. The molecule has 0 amide bonds. The lowest BCUT2D eigenvalue weighted by Gasteiger charge is -2.01. The first-order valence-corrected chi connectivity index (χ1v) is 6.33. The minimum absolute atomic E-state index is 0.121. The van der Waals surface area contributed by atoms with Gasteiger partial charge in [-0.05, 0) is 35.9 Å². The molecule has 6 heteroatoms. The van der Waals surface area contributed by atoms with Crippen molar-refractivity contribution in [2.24, 2.45) is 5.11 Å². The van der Waals surface area contributed by atoms with Crippen LogP contribution in [0.25, 0.3) is 31.2 Å². The Labute approximate surface area is 112 Å². The Morgan fingerprint density at radius 3 is 2.84 bits per heavy atom. The Morgan fingerprint density at radius 1 is 1.21 bits per heavy atom. The first-order valence-electron chi connectivity index (χ1n) is 5.52. The fourth-order valence-electron chi connectivity index (χ4n) is 1.80. The zero-order valence-electron chi connectivity index (χ0n) is 9.69. The fraction of sp³-hybridized carbons (Fsp3) is 0. The largest absolute Gasteiger partial charge is 0.507 e. The van der Waals surface area contributed by atoms with Gasteiger partial charge in [-0.1, -0.05) is 17.2 Å². The molecule has 1 aromatic heterocycles. The van der Waals surface area contributed by atoms with E-state index in [1.807, 2.05) is 24.3 Å². The average Bonchev–Trinajstić information content (AvgIpc) is 2.85. The van der Waals surface area contributed by atoms with Crippen molar-refractivity contribution in [3.8, 4) is 16.3 Å². The van der Waals surface area contributed by atoms with Crippen molar-refractivity contribution in [1.29, 1.82) is 0 Å². The number of nitrogens with zero attached hydrogens (tertiary/aromatic N) is 4. The lowest BCUT2D eigenvalue weighted by Crippen LogP contribution is -1.77. The van der Waals surface area contributed by atoms with Crippen LogP contribution in [0.15, 0.2) is 47.6 Å². The SMILES string of the molecule is [N-]=[N+]=Nc1ccc(O)c(-c2nc3ccccc3s2)c1. The first-order chi connectivity index (χ1) is 9.28. The van der Waals surface area contributed by atoms with Crippen molar-refractivity contribution in [3.63, 3.8) is 0 Å². The van der Waals surface area contributed by atoms with Gasteiger partial charge in [0.15, 0.2) is 0 Å². The van der Waals surface area contributed by atoms with Crippen molar-refractivity contribution in [1.82, 2.24) is 4.98 Å². The first kappa shape index (κ1) is 11.5. The number of para-hydroxylation sites is 1. The molecule has 1 heterocycles. The van der Waals surface area contributed by atoms with Crippen LogP contribution in [0.5, 0.6) is 5.75 Å².